The second-order valence-electron chi connectivity index (χ2n) is 3.77. The Morgan fingerprint density at radius 3 is 2.15 bits per heavy atom. The SMILES string of the molecule is CCC1CCC(O)(S(=O)(=O)O)CC1. The second-order valence-corrected chi connectivity index (χ2v) is 5.48. The Morgan fingerprint density at radius 1 is 1.38 bits per heavy atom. The molecule has 1 rings (SSSR count). The van der Waals surface area contributed by atoms with Crippen LogP contribution in [0.1, 0.15) is 39.0 Å². The molecule has 0 aliphatic heterocycles. The van der Waals surface area contributed by atoms with Gasteiger partial charge in [0.15, 0.2) is 4.93 Å². The molecule has 4 nitrogen and oxygen atoms in total. The lowest BCUT2D eigenvalue weighted by Gasteiger charge is -2.32. The Bertz CT molecular complexity index is 262. The third-order valence-electron chi connectivity index (χ3n) is 2.94. The van der Waals surface area contributed by atoms with Crippen LogP contribution in [0, 0.1) is 5.92 Å². The molecule has 0 aromatic heterocycles. The molecule has 0 aromatic carbocycles. The fourth-order valence-corrected chi connectivity index (χ4v) is 2.55. The van der Waals surface area contributed by atoms with Crippen LogP contribution >= 0.6 is 0 Å². The molecule has 1 aliphatic carbocycles. The average Bonchev–Trinajstić information content (AvgIpc) is 2.04. The van der Waals surface area contributed by atoms with Crippen LogP contribution in [0.2, 0.25) is 0 Å². The number of aliphatic hydroxyl groups is 1. The Hall–Kier alpha value is -0.130. The lowest BCUT2D eigenvalue weighted by molar-refractivity contribution is 0.0562. The summed E-state index contributed by atoms with van der Waals surface area (Å²) in [4.78, 5) is -1.88. The van der Waals surface area contributed by atoms with Crippen LogP contribution in [0.15, 0.2) is 0 Å². The van der Waals surface area contributed by atoms with Gasteiger partial charge in [0.1, 0.15) is 0 Å². The van der Waals surface area contributed by atoms with Crippen LogP contribution in [0.4, 0.5) is 0 Å². The predicted octanol–water partition coefficient (Wildman–Crippen LogP) is 1.16. The van der Waals surface area contributed by atoms with Gasteiger partial charge in [-0.3, -0.25) is 4.55 Å². The van der Waals surface area contributed by atoms with Crippen molar-refractivity contribution in [1.82, 2.24) is 0 Å². The fraction of sp³-hybridized carbons (Fsp3) is 1.00. The summed E-state index contributed by atoms with van der Waals surface area (Å²) in [7, 11) is -4.30. The highest BCUT2D eigenvalue weighted by Crippen LogP contribution is 2.36. The van der Waals surface area contributed by atoms with Crippen molar-refractivity contribution in [1.29, 1.82) is 0 Å². The minimum Gasteiger partial charge on any atom is -0.372 e. The average molecular weight is 208 g/mol. The summed E-state index contributed by atoms with van der Waals surface area (Å²) < 4.78 is 30.4. The Balaban J connectivity index is 2.68. The van der Waals surface area contributed by atoms with Gasteiger partial charge in [0.05, 0.1) is 0 Å². The number of hydrogen-bond acceptors (Lipinski definition) is 3. The maximum Gasteiger partial charge on any atom is 0.294 e. The Labute approximate surface area is 78.7 Å². The fourth-order valence-electron chi connectivity index (χ4n) is 1.79. The van der Waals surface area contributed by atoms with Crippen LogP contribution in [0.25, 0.3) is 0 Å². The summed E-state index contributed by atoms with van der Waals surface area (Å²) >= 11 is 0. The van der Waals surface area contributed by atoms with E-state index in [1.54, 1.807) is 0 Å². The quantitative estimate of drug-likeness (QED) is 0.668. The zero-order valence-corrected chi connectivity index (χ0v) is 8.55. The summed E-state index contributed by atoms with van der Waals surface area (Å²) in [6.07, 6.45) is 2.66. The highest BCUT2D eigenvalue weighted by molar-refractivity contribution is 7.87. The molecule has 13 heavy (non-hydrogen) atoms. The molecule has 0 spiro atoms. The van der Waals surface area contributed by atoms with Crippen LogP contribution in [-0.4, -0.2) is 23.0 Å². The molecule has 0 aromatic rings. The third kappa shape index (κ3) is 2.21. The van der Waals surface area contributed by atoms with E-state index < -0.39 is 15.1 Å². The number of rotatable bonds is 2. The molecule has 1 saturated carbocycles. The maximum atomic E-state index is 10.8. The monoisotopic (exact) mass is 208 g/mol. The highest BCUT2D eigenvalue weighted by Gasteiger charge is 2.43. The van der Waals surface area contributed by atoms with E-state index in [4.69, 9.17) is 4.55 Å². The van der Waals surface area contributed by atoms with Crippen LogP contribution in [0.5, 0.6) is 0 Å². The van der Waals surface area contributed by atoms with Gasteiger partial charge in [-0.2, -0.15) is 8.42 Å². The third-order valence-corrected chi connectivity index (χ3v) is 4.31. The molecule has 0 atom stereocenters. The van der Waals surface area contributed by atoms with Gasteiger partial charge in [0.25, 0.3) is 10.1 Å². The number of hydrogen-bond donors (Lipinski definition) is 2. The molecule has 0 unspecified atom stereocenters. The van der Waals surface area contributed by atoms with E-state index in [0.717, 1.165) is 6.42 Å². The summed E-state index contributed by atoms with van der Waals surface area (Å²) in [6, 6.07) is 0. The molecule has 2 N–H and O–H groups in total. The van der Waals surface area contributed by atoms with Gasteiger partial charge >= 0.3 is 0 Å². The second kappa shape index (κ2) is 3.55. The molecule has 0 saturated heterocycles. The van der Waals surface area contributed by atoms with Crippen molar-refractivity contribution in [3.8, 4) is 0 Å². The largest absolute Gasteiger partial charge is 0.372 e. The van der Waals surface area contributed by atoms with E-state index in [2.05, 4.69) is 0 Å². The lowest BCUT2D eigenvalue weighted by atomic mass is 9.85. The van der Waals surface area contributed by atoms with E-state index >= 15 is 0 Å². The van der Waals surface area contributed by atoms with E-state index in [0.29, 0.717) is 18.8 Å². The first-order chi connectivity index (χ1) is 5.89. The molecule has 0 bridgehead atoms. The molecule has 0 amide bonds. The minimum atomic E-state index is -4.30. The van der Waals surface area contributed by atoms with Gasteiger partial charge in [0, 0.05) is 0 Å². The molecule has 78 valence electrons. The standard InChI is InChI=1S/C8H16O4S/c1-2-7-3-5-8(9,6-4-7)13(10,11)12/h7,9H,2-6H2,1H3,(H,10,11,12). The molecule has 5 heteroatoms. The Morgan fingerprint density at radius 2 is 1.85 bits per heavy atom. The van der Waals surface area contributed by atoms with Crippen LogP contribution in [-0.2, 0) is 10.1 Å². The van der Waals surface area contributed by atoms with E-state index in [1.165, 1.54) is 0 Å². The van der Waals surface area contributed by atoms with Gasteiger partial charge in [-0.15, -0.1) is 0 Å². The zero-order valence-electron chi connectivity index (χ0n) is 7.73. The first-order valence-electron chi connectivity index (χ1n) is 4.58. The zero-order chi connectivity index (χ0) is 10.1. The predicted molar refractivity (Wildman–Crippen MR) is 48.7 cm³/mol. The van der Waals surface area contributed by atoms with Crippen molar-refractivity contribution in [2.24, 2.45) is 5.92 Å². The van der Waals surface area contributed by atoms with Crippen molar-refractivity contribution < 1.29 is 18.1 Å². The molecular formula is C8H16O4S. The normalized spacial score (nSPS) is 36.1. The van der Waals surface area contributed by atoms with E-state index in [-0.39, 0.29) is 12.8 Å². The summed E-state index contributed by atoms with van der Waals surface area (Å²) in [5.74, 6) is 0.488. The molecular weight excluding hydrogens is 192 g/mol. The maximum absolute atomic E-state index is 10.8. The first kappa shape index (κ1) is 10.9. The van der Waals surface area contributed by atoms with Crippen LogP contribution in [0.3, 0.4) is 0 Å². The van der Waals surface area contributed by atoms with Gasteiger partial charge in [-0.05, 0) is 31.6 Å². The molecule has 0 radical (unpaired) electrons. The first-order valence-corrected chi connectivity index (χ1v) is 6.02. The summed E-state index contributed by atoms with van der Waals surface area (Å²) in [5, 5.41) is 9.58. The van der Waals surface area contributed by atoms with Crippen molar-refractivity contribution in [2.45, 2.75) is 44.0 Å². The van der Waals surface area contributed by atoms with Gasteiger partial charge in [0.2, 0.25) is 0 Å². The van der Waals surface area contributed by atoms with Gasteiger partial charge < -0.3 is 5.11 Å². The topological polar surface area (TPSA) is 74.6 Å². The smallest absolute Gasteiger partial charge is 0.294 e. The molecule has 0 heterocycles. The summed E-state index contributed by atoms with van der Waals surface area (Å²) in [5.41, 5.74) is 0. The highest BCUT2D eigenvalue weighted by atomic mass is 32.2. The van der Waals surface area contributed by atoms with E-state index in [1.807, 2.05) is 6.92 Å². The van der Waals surface area contributed by atoms with Gasteiger partial charge in [-0.1, -0.05) is 13.3 Å². The van der Waals surface area contributed by atoms with Crippen molar-refractivity contribution in [3.63, 3.8) is 0 Å². The summed E-state index contributed by atoms with van der Waals surface area (Å²) in [6.45, 7) is 2.04. The van der Waals surface area contributed by atoms with E-state index in [9.17, 15) is 13.5 Å². The van der Waals surface area contributed by atoms with Gasteiger partial charge in [-0.25, -0.2) is 0 Å². The van der Waals surface area contributed by atoms with Crippen molar-refractivity contribution in [3.05, 3.63) is 0 Å². The lowest BCUT2D eigenvalue weighted by Crippen LogP contribution is -2.41. The van der Waals surface area contributed by atoms with Crippen molar-refractivity contribution >= 4 is 10.1 Å². The Kier molecular flexibility index (Phi) is 2.99. The minimum absolute atomic E-state index is 0.157. The van der Waals surface area contributed by atoms with Crippen molar-refractivity contribution in [2.75, 3.05) is 0 Å². The molecule has 1 fully saturated rings. The molecule has 1 aliphatic rings. The van der Waals surface area contributed by atoms with Crippen LogP contribution < -0.4 is 0 Å².